The number of nitrogens with one attached hydrogen (secondary N) is 2. The van der Waals surface area contributed by atoms with Crippen LogP contribution in [0, 0.1) is 11.6 Å². The van der Waals surface area contributed by atoms with Gasteiger partial charge in [-0.3, -0.25) is 4.79 Å². The summed E-state index contributed by atoms with van der Waals surface area (Å²) < 4.78 is 26.3. The minimum Gasteiger partial charge on any atom is -0.340 e. The van der Waals surface area contributed by atoms with E-state index >= 15 is 0 Å². The summed E-state index contributed by atoms with van der Waals surface area (Å²) in [6.45, 7) is 0. The highest BCUT2D eigenvalue weighted by atomic mass is 19.1. The van der Waals surface area contributed by atoms with Gasteiger partial charge in [-0.1, -0.05) is 12.1 Å². The number of amides is 1. The Morgan fingerprint density at radius 2 is 1.62 bits per heavy atom. The summed E-state index contributed by atoms with van der Waals surface area (Å²) in [5.41, 5.74) is 1.25. The smallest absolute Gasteiger partial charge is 0.255 e. The van der Waals surface area contributed by atoms with E-state index in [0.717, 1.165) is 6.07 Å². The molecule has 0 aliphatic rings. The van der Waals surface area contributed by atoms with E-state index in [1.807, 2.05) is 0 Å². The van der Waals surface area contributed by atoms with Gasteiger partial charge < -0.3 is 10.6 Å². The van der Waals surface area contributed by atoms with E-state index in [-0.39, 0.29) is 11.4 Å². The number of halogens is 2. The first-order valence-corrected chi connectivity index (χ1v) is 7.16. The predicted octanol–water partition coefficient (Wildman–Crippen LogP) is 4.36. The first-order chi connectivity index (χ1) is 11.6. The molecule has 6 heteroatoms. The number of carbonyl (C=O) groups is 1. The first-order valence-electron chi connectivity index (χ1n) is 7.16. The fraction of sp³-hybridized carbons (Fsp3) is 0. The number of rotatable bonds is 4. The Hall–Kier alpha value is -3.28. The molecule has 0 fully saturated rings. The van der Waals surface area contributed by atoms with Crippen molar-refractivity contribution in [2.24, 2.45) is 0 Å². The fourth-order valence-corrected chi connectivity index (χ4v) is 2.09. The van der Waals surface area contributed by atoms with Crippen LogP contribution in [0.1, 0.15) is 10.4 Å². The summed E-state index contributed by atoms with van der Waals surface area (Å²) in [7, 11) is 0. The van der Waals surface area contributed by atoms with E-state index < -0.39 is 11.7 Å². The van der Waals surface area contributed by atoms with Crippen LogP contribution in [-0.2, 0) is 0 Å². The van der Waals surface area contributed by atoms with E-state index in [9.17, 15) is 13.6 Å². The predicted molar refractivity (Wildman–Crippen MR) is 88.3 cm³/mol. The van der Waals surface area contributed by atoms with Crippen LogP contribution < -0.4 is 10.6 Å². The number of nitrogens with zero attached hydrogens (tertiary/aromatic N) is 1. The Labute approximate surface area is 137 Å². The molecule has 3 aromatic rings. The third-order valence-electron chi connectivity index (χ3n) is 3.21. The molecule has 24 heavy (non-hydrogen) atoms. The van der Waals surface area contributed by atoms with Crippen LogP contribution in [0.25, 0.3) is 0 Å². The van der Waals surface area contributed by atoms with Crippen LogP contribution in [0.15, 0.2) is 66.9 Å². The lowest BCUT2D eigenvalue weighted by atomic mass is 10.2. The maximum atomic E-state index is 13.1. The van der Waals surface area contributed by atoms with Gasteiger partial charge >= 0.3 is 0 Å². The second-order valence-corrected chi connectivity index (χ2v) is 5.03. The zero-order valence-corrected chi connectivity index (χ0v) is 12.5. The monoisotopic (exact) mass is 325 g/mol. The standard InChI is InChI=1S/C18H13F2N3O/c19-13-4-1-3-12(9-13)18(24)23-16-7-8-17(21-11-16)22-15-6-2-5-14(20)10-15/h1-11H,(H,21,22)(H,23,24). The van der Waals surface area contributed by atoms with Crippen LogP contribution in [0.4, 0.5) is 26.0 Å². The van der Waals surface area contributed by atoms with Crippen LogP contribution in [0.5, 0.6) is 0 Å². The zero-order valence-electron chi connectivity index (χ0n) is 12.5. The average molecular weight is 325 g/mol. The molecule has 4 nitrogen and oxygen atoms in total. The fourth-order valence-electron chi connectivity index (χ4n) is 2.09. The number of benzene rings is 2. The molecule has 2 aromatic carbocycles. The molecular formula is C18H13F2N3O. The molecule has 0 spiro atoms. The van der Waals surface area contributed by atoms with Gasteiger partial charge in [-0.15, -0.1) is 0 Å². The van der Waals surface area contributed by atoms with Crippen molar-refractivity contribution in [2.75, 3.05) is 10.6 Å². The largest absolute Gasteiger partial charge is 0.340 e. The van der Waals surface area contributed by atoms with Gasteiger partial charge in [0.1, 0.15) is 17.5 Å². The van der Waals surface area contributed by atoms with Crippen LogP contribution >= 0.6 is 0 Å². The normalized spacial score (nSPS) is 10.2. The minimum atomic E-state index is -0.476. The molecule has 3 rings (SSSR count). The molecule has 1 aromatic heterocycles. The van der Waals surface area contributed by atoms with Gasteiger partial charge in [0.05, 0.1) is 11.9 Å². The summed E-state index contributed by atoms with van der Waals surface area (Å²) in [4.78, 5) is 16.2. The van der Waals surface area contributed by atoms with Crippen LogP contribution in [0.3, 0.4) is 0 Å². The number of carbonyl (C=O) groups excluding carboxylic acids is 1. The van der Waals surface area contributed by atoms with Crippen molar-refractivity contribution in [3.8, 4) is 0 Å². The van der Waals surface area contributed by atoms with Gasteiger partial charge in [0.25, 0.3) is 5.91 Å². The lowest BCUT2D eigenvalue weighted by molar-refractivity contribution is 0.102. The second-order valence-electron chi connectivity index (χ2n) is 5.03. The highest BCUT2D eigenvalue weighted by Gasteiger charge is 2.07. The molecule has 1 amide bonds. The van der Waals surface area contributed by atoms with Crippen molar-refractivity contribution < 1.29 is 13.6 Å². The maximum absolute atomic E-state index is 13.1. The number of hydrogen-bond donors (Lipinski definition) is 2. The van der Waals surface area contributed by atoms with Crippen molar-refractivity contribution in [2.45, 2.75) is 0 Å². The van der Waals surface area contributed by atoms with Gasteiger partial charge in [-0.25, -0.2) is 13.8 Å². The Balaban J connectivity index is 1.67. The second kappa shape index (κ2) is 6.87. The lowest BCUT2D eigenvalue weighted by Crippen LogP contribution is -2.12. The Kier molecular flexibility index (Phi) is 4.47. The van der Waals surface area contributed by atoms with E-state index in [4.69, 9.17) is 0 Å². The van der Waals surface area contributed by atoms with E-state index in [2.05, 4.69) is 15.6 Å². The van der Waals surface area contributed by atoms with Gasteiger partial charge in [-0.2, -0.15) is 0 Å². The molecule has 0 radical (unpaired) electrons. The SMILES string of the molecule is O=C(Nc1ccc(Nc2cccc(F)c2)nc1)c1cccc(F)c1. The Morgan fingerprint density at radius 3 is 2.29 bits per heavy atom. The molecule has 0 atom stereocenters. The van der Waals surface area contributed by atoms with Crippen molar-refractivity contribution in [3.63, 3.8) is 0 Å². The molecule has 0 aliphatic heterocycles. The number of pyridine rings is 1. The van der Waals surface area contributed by atoms with E-state index in [1.54, 1.807) is 24.3 Å². The van der Waals surface area contributed by atoms with Gasteiger partial charge in [-0.05, 0) is 48.5 Å². The first kappa shape index (κ1) is 15.6. The average Bonchev–Trinajstić information content (AvgIpc) is 2.57. The minimum absolute atomic E-state index is 0.219. The lowest BCUT2D eigenvalue weighted by Gasteiger charge is -2.08. The molecule has 0 aliphatic carbocycles. The summed E-state index contributed by atoms with van der Waals surface area (Å²) in [5, 5.41) is 5.58. The molecule has 2 N–H and O–H groups in total. The van der Waals surface area contributed by atoms with E-state index in [1.165, 1.54) is 36.5 Å². The molecule has 0 saturated heterocycles. The Bertz CT molecular complexity index is 866. The summed E-state index contributed by atoms with van der Waals surface area (Å²) in [6, 6.07) is 14.7. The molecule has 0 saturated carbocycles. The third-order valence-corrected chi connectivity index (χ3v) is 3.21. The number of anilines is 3. The maximum Gasteiger partial charge on any atom is 0.255 e. The quantitative estimate of drug-likeness (QED) is 0.749. The van der Waals surface area contributed by atoms with E-state index in [0.29, 0.717) is 17.2 Å². The van der Waals surface area contributed by atoms with Crippen molar-refractivity contribution >= 4 is 23.1 Å². The van der Waals surface area contributed by atoms with Gasteiger partial charge in [0.15, 0.2) is 0 Å². The molecule has 0 unspecified atom stereocenters. The summed E-state index contributed by atoms with van der Waals surface area (Å²) in [5.74, 6) is -0.749. The number of hydrogen-bond acceptors (Lipinski definition) is 3. The van der Waals surface area contributed by atoms with Crippen molar-refractivity contribution in [3.05, 3.63) is 84.1 Å². The highest BCUT2D eigenvalue weighted by molar-refractivity contribution is 6.04. The topological polar surface area (TPSA) is 54.0 Å². The van der Waals surface area contributed by atoms with Gasteiger partial charge in [0, 0.05) is 11.3 Å². The third kappa shape index (κ3) is 3.92. The summed E-state index contributed by atoms with van der Waals surface area (Å²) in [6.07, 6.45) is 1.46. The van der Waals surface area contributed by atoms with Crippen molar-refractivity contribution in [1.29, 1.82) is 0 Å². The number of aromatic nitrogens is 1. The highest BCUT2D eigenvalue weighted by Crippen LogP contribution is 2.17. The van der Waals surface area contributed by atoms with Crippen molar-refractivity contribution in [1.82, 2.24) is 4.98 Å². The zero-order chi connectivity index (χ0) is 16.9. The van der Waals surface area contributed by atoms with Crippen LogP contribution in [-0.4, -0.2) is 10.9 Å². The van der Waals surface area contributed by atoms with Gasteiger partial charge in [0.2, 0.25) is 0 Å². The Morgan fingerprint density at radius 1 is 0.875 bits per heavy atom. The molecule has 1 heterocycles. The molecular weight excluding hydrogens is 312 g/mol. The molecule has 120 valence electrons. The summed E-state index contributed by atoms with van der Waals surface area (Å²) >= 11 is 0. The molecule has 0 bridgehead atoms. The van der Waals surface area contributed by atoms with Crippen LogP contribution in [0.2, 0.25) is 0 Å².